The molecule has 1 amide bonds. The van der Waals surface area contributed by atoms with Crippen LogP contribution in [0, 0.1) is 0 Å². The van der Waals surface area contributed by atoms with Crippen LogP contribution in [0.1, 0.15) is 11.6 Å². The number of hydrogen-bond acceptors (Lipinski definition) is 5. The van der Waals surface area contributed by atoms with Gasteiger partial charge in [-0.25, -0.2) is 0 Å². The molecule has 0 aromatic heterocycles. The van der Waals surface area contributed by atoms with E-state index in [0.29, 0.717) is 18.0 Å². The minimum Gasteiger partial charge on any atom is -0.496 e. The summed E-state index contributed by atoms with van der Waals surface area (Å²) in [5.74, 6) is 1.74. The number of nitrogens with one attached hydrogen (secondary N) is 1. The third kappa shape index (κ3) is 5.13. The van der Waals surface area contributed by atoms with Gasteiger partial charge in [-0.15, -0.1) is 0 Å². The van der Waals surface area contributed by atoms with Gasteiger partial charge in [-0.2, -0.15) is 0 Å². The number of carbonyl (C=O) groups excluding carboxylic acids is 1. The first-order chi connectivity index (χ1) is 12.6. The lowest BCUT2D eigenvalue weighted by Crippen LogP contribution is -2.37. The SMILES string of the molecule is COc1ccccc1OCC(=O)NC[C@@H](c1ccccc1OC)N(C)C. The molecule has 0 unspecified atom stereocenters. The van der Waals surface area contributed by atoms with Crippen molar-refractivity contribution < 1.29 is 19.0 Å². The van der Waals surface area contributed by atoms with E-state index < -0.39 is 0 Å². The molecule has 0 aliphatic heterocycles. The summed E-state index contributed by atoms with van der Waals surface area (Å²) < 4.78 is 16.2. The van der Waals surface area contributed by atoms with Gasteiger partial charge in [0.25, 0.3) is 5.91 Å². The second kappa shape index (κ2) is 9.68. The Bertz CT molecular complexity index is 718. The van der Waals surface area contributed by atoms with Crippen molar-refractivity contribution in [2.75, 3.05) is 41.5 Å². The molecule has 0 spiro atoms. The van der Waals surface area contributed by atoms with Gasteiger partial charge in [0.1, 0.15) is 5.75 Å². The van der Waals surface area contributed by atoms with Gasteiger partial charge in [0.15, 0.2) is 18.1 Å². The normalized spacial score (nSPS) is 11.7. The molecule has 0 aliphatic carbocycles. The van der Waals surface area contributed by atoms with Crippen LogP contribution in [0.5, 0.6) is 17.2 Å². The van der Waals surface area contributed by atoms with Crippen LogP contribution in [0.25, 0.3) is 0 Å². The van der Waals surface area contributed by atoms with Crippen LogP contribution in [0.3, 0.4) is 0 Å². The van der Waals surface area contributed by atoms with E-state index in [9.17, 15) is 4.79 Å². The summed E-state index contributed by atoms with van der Waals surface area (Å²) in [5, 5.41) is 2.92. The van der Waals surface area contributed by atoms with E-state index in [2.05, 4.69) is 5.32 Å². The third-order valence-corrected chi connectivity index (χ3v) is 4.04. The van der Waals surface area contributed by atoms with Gasteiger partial charge >= 0.3 is 0 Å². The van der Waals surface area contributed by atoms with Crippen LogP contribution >= 0.6 is 0 Å². The molecule has 0 bridgehead atoms. The van der Waals surface area contributed by atoms with Crippen molar-refractivity contribution >= 4 is 5.91 Å². The summed E-state index contributed by atoms with van der Waals surface area (Å²) in [7, 11) is 7.14. The molecule has 1 N–H and O–H groups in total. The fraction of sp³-hybridized carbons (Fsp3) is 0.350. The zero-order chi connectivity index (χ0) is 18.9. The summed E-state index contributed by atoms with van der Waals surface area (Å²) in [6, 6.07) is 15.0. The number of carbonyl (C=O) groups is 1. The zero-order valence-corrected chi connectivity index (χ0v) is 15.7. The van der Waals surface area contributed by atoms with Gasteiger partial charge in [0.05, 0.1) is 20.3 Å². The van der Waals surface area contributed by atoms with Crippen LogP contribution in [0.4, 0.5) is 0 Å². The highest BCUT2D eigenvalue weighted by Crippen LogP contribution is 2.27. The maximum absolute atomic E-state index is 12.2. The van der Waals surface area contributed by atoms with Crippen LogP contribution in [0.2, 0.25) is 0 Å². The van der Waals surface area contributed by atoms with Crippen molar-refractivity contribution in [3.05, 3.63) is 54.1 Å². The Morgan fingerprint density at radius 2 is 1.54 bits per heavy atom. The van der Waals surface area contributed by atoms with Crippen LogP contribution in [-0.4, -0.2) is 52.3 Å². The molecule has 0 saturated heterocycles. The lowest BCUT2D eigenvalue weighted by atomic mass is 10.0. The highest BCUT2D eigenvalue weighted by atomic mass is 16.5. The summed E-state index contributed by atoms with van der Waals surface area (Å²) in [4.78, 5) is 14.2. The van der Waals surface area contributed by atoms with E-state index in [4.69, 9.17) is 14.2 Å². The number of para-hydroxylation sites is 3. The molecular formula is C20H26N2O4. The number of hydrogen-bond donors (Lipinski definition) is 1. The summed E-state index contributed by atoms with van der Waals surface area (Å²) in [5.41, 5.74) is 1.02. The van der Waals surface area contributed by atoms with E-state index in [1.807, 2.05) is 55.4 Å². The Morgan fingerprint density at radius 3 is 2.15 bits per heavy atom. The van der Waals surface area contributed by atoms with Crippen LogP contribution in [0.15, 0.2) is 48.5 Å². The summed E-state index contributed by atoms with van der Waals surface area (Å²) >= 11 is 0. The lowest BCUT2D eigenvalue weighted by Gasteiger charge is -2.26. The molecule has 0 fully saturated rings. The molecule has 2 aromatic rings. The lowest BCUT2D eigenvalue weighted by molar-refractivity contribution is -0.123. The van der Waals surface area contributed by atoms with Crippen molar-refractivity contribution in [2.45, 2.75) is 6.04 Å². The highest BCUT2D eigenvalue weighted by Gasteiger charge is 2.19. The zero-order valence-electron chi connectivity index (χ0n) is 15.7. The Kier molecular flexibility index (Phi) is 7.29. The fourth-order valence-electron chi connectivity index (χ4n) is 2.66. The summed E-state index contributed by atoms with van der Waals surface area (Å²) in [6.07, 6.45) is 0. The molecule has 6 heteroatoms. The average Bonchev–Trinajstić information content (AvgIpc) is 2.66. The fourth-order valence-corrected chi connectivity index (χ4v) is 2.66. The molecule has 2 aromatic carbocycles. The molecule has 140 valence electrons. The smallest absolute Gasteiger partial charge is 0.258 e. The van der Waals surface area contributed by atoms with E-state index in [0.717, 1.165) is 11.3 Å². The average molecular weight is 358 g/mol. The van der Waals surface area contributed by atoms with E-state index >= 15 is 0 Å². The van der Waals surface area contributed by atoms with E-state index in [1.54, 1.807) is 26.4 Å². The summed E-state index contributed by atoms with van der Waals surface area (Å²) in [6.45, 7) is 0.369. The predicted octanol–water partition coefficient (Wildman–Crippen LogP) is 2.50. The van der Waals surface area contributed by atoms with Gasteiger partial charge in [0.2, 0.25) is 0 Å². The first kappa shape index (κ1) is 19.6. The first-order valence-corrected chi connectivity index (χ1v) is 8.38. The molecule has 0 heterocycles. The maximum Gasteiger partial charge on any atom is 0.258 e. The van der Waals surface area contributed by atoms with Gasteiger partial charge < -0.3 is 24.4 Å². The second-order valence-corrected chi connectivity index (χ2v) is 5.96. The van der Waals surface area contributed by atoms with Crippen LogP contribution < -0.4 is 19.5 Å². The molecule has 2 rings (SSSR count). The van der Waals surface area contributed by atoms with Gasteiger partial charge in [-0.3, -0.25) is 4.79 Å². The van der Waals surface area contributed by atoms with Gasteiger partial charge in [-0.05, 0) is 32.3 Å². The molecular weight excluding hydrogens is 332 g/mol. The quantitative estimate of drug-likeness (QED) is 0.746. The molecule has 0 saturated carbocycles. The minimum atomic E-state index is -0.197. The van der Waals surface area contributed by atoms with Crippen LogP contribution in [-0.2, 0) is 4.79 Å². The number of methoxy groups -OCH3 is 2. The highest BCUT2D eigenvalue weighted by molar-refractivity contribution is 5.77. The van der Waals surface area contributed by atoms with Gasteiger partial charge in [-0.1, -0.05) is 30.3 Å². The number of likely N-dealkylation sites (N-methyl/N-ethyl adjacent to an activating group) is 1. The standard InChI is InChI=1S/C20H26N2O4/c1-22(2)16(15-9-5-6-10-17(15)24-3)13-21-20(23)14-26-19-12-8-7-11-18(19)25-4/h5-12,16H,13-14H2,1-4H3,(H,21,23)/t16-/m0/s1. The Morgan fingerprint density at radius 1 is 0.962 bits per heavy atom. The van der Waals surface area contributed by atoms with Crippen molar-refractivity contribution in [3.63, 3.8) is 0 Å². The number of benzene rings is 2. The molecule has 26 heavy (non-hydrogen) atoms. The van der Waals surface area contributed by atoms with Crippen molar-refractivity contribution in [3.8, 4) is 17.2 Å². The molecule has 0 aliphatic rings. The van der Waals surface area contributed by atoms with Crippen molar-refractivity contribution in [1.29, 1.82) is 0 Å². The third-order valence-electron chi connectivity index (χ3n) is 4.04. The van der Waals surface area contributed by atoms with Crippen molar-refractivity contribution in [1.82, 2.24) is 10.2 Å². The number of rotatable bonds is 9. The van der Waals surface area contributed by atoms with E-state index in [1.165, 1.54) is 0 Å². The Balaban J connectivity index is 1.95. The monoisotopic (exact) mass is 358 g/mol. The largest absolute Gasteiger partial charge is 0.496 e. The second-order valence-electron chi connectivity index (χ2n) is 5.96. The Hall–Kier alpha value is -2.73. The maximum atomic E-state index is 12.2. The molecule has 1 atom stereocenters. The molecule has 6 nitrogen and oxygen atoms in total. The number of nitrogens with zero attached hydrogens (tertiary/aromatic N) is 1. The molecule has 0 radical (unpaired) electrons. The number of amides is 1. The number of ether oxygens (including phenoxy) is 3. The minimum absolute atomic E-state index is 0.0126. The van der Waals surface area contributed by atoms with Crippen molar-refractivity contribution in [2.24, 2.45) is 0 Å². The predicted molar refractivity (Wildman–Crippen MR) is 101 cm³/mol. The van der Waals surface area contributed by atoms with Gasteiger partial charge in [0, 0.05) is 12.1 Å². The topological polar surface area (TPSA) is 60.0 Å². The first-order valence-electron chi connectivity index (χ1n) is 8.38. The Labute approximate surface area is 154 Å². The van der Waals surface area contributed by atoms with E-state index in [-0.39, 0.29) is 18.6 Å².